The van der Waals surface area contributed by atoms with Crippen LogP contribution in [0.2, 0.25) is 5.02 Å². The number of hydrogen-bond donors (Lipinski definition) is 2. The molecule has 0 fully saturated rings. The van der Waals surface area contributed by atoms with Gasteiger partial charge in [-0.25, -0.2) is 0 Å². The van der Waals surface area contributed by atoms with Crippen LogP contribution in [0, 0.1) is 0 Å². The number of carbonyl (C=O) groups excluding carboxylic acids is 2. The molecule has 0 radical (unpaired) electrons. The number of rotatable bonds is 3. The Morgan fingerprint density at radius 3 is 2.50 bits per heavy atom. The Bertz CT molecular complexity index is 618. The molecule has 2 N–H and O–H groups in total. The van der Waals surface area contributed by atoms with Gasteiger partial charge in [0.1, 0.15) is 5.76 Å². The summed E-state index contributed by atoms with van der Waals surface area (Å²) in [6, 6.07) is 9.71. The van der Waals surface area contributed by atoms with E-state index in [0.29, 0.717) is 16.3 Å². The molecule has 2 aromatic rings. The van der Waals surface area contributed by atoms with E-state index in [1.54, 1.807) is 36.4 Å². The van der Waals surface area contributed by atoms with Gasteiger partial charge in [-0.15, -0.1) is 0 Å². The summed E-state index contributed by atoms with van der Waals surface area (Å²) < 4.78 is 5.02. The third-order valence-electron chi connectivity index (χ3n) is 2.35. The fraction of sp³-hybridized carbons (Fsp3) is 0. The first-order valence-electron chi connectivity index (χ1n) is 5.72. The Balaban J connectivity index is 1.84. The highest BCUT2D eigenvalue weighted by Gasteiger charge is 2.05. The molecular formula is C14H11ClN2O3. The molecule has 2 rings (SSSR count). The summed E-state index contributed by atoms with van der Waals surface area (Å²) in [5, 5.41) is 0.534. The van der Waals surface area contributed by atoms with Gasteiger partial charge in [0.25, 0.3) is 11.8 Å². The zero-order valence-corrected chi connectivity index (χ0v) is 11.1. The number of furan rings is 1. The Hall–Kier alpha value is -2.53. The summed E-state index contributed by atoms with van der Waals surface area (Å²) in [7, 11) is 0. The average Bonchev–Trinajstić information content (AvgIpc) is 2.96. The van der Waals surface area contributed by atoms with Gasteiger partial charge in [0, 0.05) is 16.7 Å². The average molecular weight is 291 g/mol. The number of carbonyl (C=O) groups is 2. The van der Waals surface area contributed by atoms with E-state index in [-0.39, 0.29) is 0 Å². The highest BCUT2D eigenvalue weighted by molar-refractivity contribution is 6.30. The fourth-order valence-electron chi connectivity index (χ4n) is 1.38. The van der Waals surface area contributed by atoms with Crippen LogP contribution in [0.3, 0.4) is 0 Å². The standard InChI is InChI=1S/C14H11ClN2O3/c15-11-5-3-10(4-6-11)14(19)17-16-13(18)8-7-12-2-1-9-20-12/h1-9H,(H,16,18)(H,17,19)/b8-7+. The fourth-order valence-corrected chi connectivity index (χ4v) is 1.50. The Morgan fingerprint density at radius 1 is 1.10 bits per heavy atom. The molecule has 5 nitrogen and oxygen atoms in total. The lowest BCUT2D eigenvalue weighted by molar-refractivity contribution is -0.117. The summed E-state index contributed by atoms with van der Waals surface area (Å²) >= 11 is 5.71. The maximum atomic E-state index is 11.7. The third-order valence-corrected chi connectivity index (χ3v) is 2.60. The second-order valence-electron chi connectivity index (χ2n) is 3.80. The second kappa shape index (κ2) is 6.58. The van der Waals surface area contributed by atoms with Crippen LogP contribution in [0.25, 0.3) is 6.08 Å². The maximum Gasteiger partial charge on any atom is 0.269 e. The molecule has 0 atom stereocenters. The van der Waals surface area contributed by atoms with Gasteiger partial charge >= 0.3 is 0 Å². The van der Waals surface area contributed by atoms with E-state index in [0.717, 1.165) is 0 Å². The van der Waals surface area contributed by atoms with Crippen molar-refractivity contribution in [2.75, 3.05) is 0 Å². The molecule has 0 unspecified atom stereocenters. The highest BCUT2D eigenvalue weighted by atomic mass is 35.5. The lowest BCUT2D eigenvalue weighted by Crippen LogP contribution is -2.40. The van der Waals surface area contributed by atoms with Crippen LogP contribution >= 0.6 is 11.6 Å². The SMILES string of the molecule is O=C(/C=C/c1ccco1)NNC(=O)c1ccc(Cl)cc1. The normalized spacial score (nSPS) is 10.4. The Morgan fingerprint density at radius 2 is 1.85 bits per heavy atom. The monoisotopic (exact) mass is 290 g/mol. The van der Waals surface area contributed by atoms with E-state index in [2.05, 4.69) is 10.9 Å². The largest absolute Gasteiger partial charge is 0.465 e. The number of nitrogens with one attached hydrogen (secondary N) is 2. The first-order valence-corrected chi connectivity index (χ1v) is 6.10. The first-order chi connectivity index (χ1) is 9.65. The van der Waals surface area contributed by atoms with Crippen LogP contribution in [-0.2, 0) is 4.79 Å². The van der Waals surface area contributed by atoms with Crippen molar-refractivity contribution in [2.24, 2.45) is 0 Å². The van der Waals surface area contributed by atoms with Gasteiger partial charge in [0.05, 0.1) is 6.26 Å². The summed E-state index contributed by atoms with van der Waals surface area (Å²) in [4.78, 5) is 23.1. The minimum absolute atomic E-state index is 0.393. The maximum absolute atomic E-state index is 11.7. The van der Waals surface area contributed by atoms with E-state index in [1.807, 2.05) is 0 Å². The molecule has 0 aliphatic carbocycles. The van der Waals surface area contributed by atoms with Crippen molar-refractivity contribution in [3.63, 3.8) is 0 Å². The summed E-state index contributed by atoms with van der Waals surface area (Å²) in [6.45, 7) is 0. The molecule has 0 aliphatic rings. The van der Waals surface area contributed by atoms with Gasteiger partial charge < -0.3 is 4.42 Å². The summed E-state index contributed by atoms with van der Waals surface area (Å²) in [6.07, 6.45) is 4.24. The van der Waals surface area contributed by atoms with Gasteiger partial charge in [-0.1, -0.05) is 11.6 Å². The molecule has 0 bridgehead atoms. The molecule has 2 amide bonds. The zero-order valence-electron chi connectivity index (χ0n) is 10.3. The molecule has 1 aromatic carbocycles. The van der Waals surface area contributed by atoms with Crippen LogP contribution in [0.5, 0.6) is 0 Å². The van der Waals surface area contributed by atoms with Gasteiger partial charge in [0.2, 0.25) is 0 Å². The molecular weight excluding hydrogens is 280 g/mol. The van der Waals surface area contributed by atoms with Crippen molar-refractivity contribution in [2.45, 2.75) is 0 Å². The highest BCUT2D eigenvalue weighted by Crippen LogP contribution is 2.09. The van der Waals surface area contributed by atoms with Crippen molar-refractivity contribution in [1.29, 1.82) is 0 Å². The number of amides is 2. The first kappa shape index (κ1) is 13.9. The minimum Gasteiger partial charge on any atom is -0.465 e. The molecule has 1 aromatic heterocycles. The molecule has 102 valence electrons. The van der Waals surface area contributed by atoms with E-state index >= 15 is 0 Å². The van der Waals surface area contributed by atoms with Gasteiger partial charge in [-0.2, -0.15) is 0 Å². The van der Waals surface area contributed by atoms with Crippen LogP contribution in [-0.4, -0.2) is 11.8 Å². The van der Waals surface area contributed by atoms with E-state index < -0.39 is 11.8 Å². The van der Waals surface area contributed by atoms with Crippen LogP contribution < -0.4 is 10.9 Å². The third kappa shape index (κ3) is 4.00. The van der Waals surface area contributed by atoms with E-state index in [4.69, 9.17) is 16.0 Å². The number of benzene rings is 1. The predicted octanol–water partition coefficient (Wildman–Crippen LogP) is 2.41. The van der Waals surface area contributed by atoms with Gasteiger partial charge in [-0.05, 0) is 42.5 Å². The zero-order chi connectivity index (χ0) is 14.4. The van der Waals surface area contributed by atoms with Gasteiger partial charge in [0.15, 0.2) is 0 Å². The van der Waals surface area contributed by atoms with Crippen molar-refractivity contribution >= 4 is 29.5 Å². The molecule has 1 heterocycles. The van der Waals surface area contributed by atoms with Crippen molar-refractivity contribution in [3.05, 3.63) is 65.1 Å². The predicted molar refractivity (Wildman–Crippen MR) is 74.8 cm³/mol. The number of hydrogen-bond acceptors (Lipinski definition) is 3. The minimum atomic E-state index is -0.469. The van der Waals surface area contributed by atoms with Gasteiger partial charge in [-0.3, -0.25) is 20.4 Å². The summed E-state index contributed by atoms with van der Waals surface area (Å²) in [5.41, 5.74) is 4.94. The quantitative estimate of drug-likeness (QED) is 0.673. The molecule has 0 saturated carbocycles. The van der Waals surface area contributed by atoms with Crippen molar-refractivity contribution in [1.82, 2.24) is 10.9 Å². The van der Waals surface area contributed by atoms with Crippen molar-refractivity contribution < 1.29 is 14.0 Å². The van der Waals surface area contributed by atoms with Crippen LogP contribution in [0.4, 0.5) is 0 Å². The molecule has 0 aliphatic heterocycles. The molecule has 0 saturated heterocycles. The van der Waals surface area contributed by atoms with Crippen LogP contribution in [0.15, 0.2) is 53.2 Å². The second-order valence-corrected chi connectivity index (χ2v) is 4.24. The summed E-state index contributed by atoms with van der Waals surface area (Å²) in [5.74, 6) is -0.352. The smallest absolute Gasteiger partial charge is 0.269 e. The lowest BCUT2D eigenvalue weighted by atomic mass is 10.2. The number of hydrazine groups is 1. The molecule has 6 heteroatoms. The van der Waals surface area contributed by atoms with Crippen LogP contribution in [0.1, 0.15) is 16.1 Å². The van der Waals surface area contributed by atoms with Crippen molar-refractivity contribution in [3.8, 4) is 0 Å². The van der Waals surface area contributed by atoms with E-state index in [9.17, 15) is 9.59 Å². The van der Waals surface area contributed by atoms with E-state index in [1.165, 1.54) is 18.4 Å². The number of halogens is 1. The molecule has 0 spiro atoms. The Labute approximate surface area is 120 Å². The Kier molecular flexibility index (Phi) is 4.57. The topological polar surface area (TPSA) is 71.3 Å². The molecule has 20 heavy (non-hydrogen) atoms. The lowest BCUT2D eigenvalue weighted by Gasteiger charge is -2.05.